The van der Waals surface area contributed by atoms with E-state index in [1.54, 1.807) is 11.0 Å². The van der Waals surface area contributed by atoms with Gasteiger partial charge in [0.1, 0.15) is 4.21 Å². The summed E-state index contributed by atoms with van der Waals surface area (Å²) in [7, 11) is -3.57. The van der Waals surface area contributed by atoms with Gasteiger partial charge in [-0.25, -0.2) is 13.2 Å². The van der Waals surface area contributed by atoms with Crippen molar-refractivity contribution in [2.75, 3.05) is 44.7 Å². The van der Waals surface area contributed by atoms with E-state index in [-0.39, 0.29) is 22.1 Å². The van der Waals surface area contributed by atoms with Crippen LogP contribution in [0.2, 0.25) is 0 Å². The first-order valence-electron chi connectivity index (χ1n) is 11.0. The molecule has 2 saturated heterocycles. The van der Waals surface area contributed by atoms with Crippen molar-refractivity contribution in [3.05, 3.63) is 12.1 Å². The zero-order valence-electron chi connectivity index (χ0n) is 17.5. The molecule has 0 unspecified atom stereocenters. The fourth-order valence-electron chi connectivity index (χ4n) is 4.36. The Morgan fingerprint density at radius 2 is 1.68 bits per heavy atom. The number of ether oxygens (including phenoxy) is 1. The highest BCUT2D eigenvalue weighted by atomic mass is 32.2. The van der Waals surface area contributed by atoms with E-state index in [9.17, 15) is 18.0 Å². The highest BCUT2D eigenvalue weighted by Gasteiger charge is 2.30. The minimum atomic E-state index is -3.57. The number of rotatable bonds is 5. The van der Waals surface area contributed by atoms with Gasteiger partial charge in [0.25, 0.3) is 10.0 Å². The maximum atomic E-state index is 12.7. The molecule has 11 heteroatoms. The zero-order valence-corrected chi connectivity index (χ0v) is 19.2. The first-order valence-corrected chi connectivity index (χ1v) is 13.2. The quantitative estimate of drug-likeness (QED) is 0.685. The van der Waals surface area contributed by atoms with Crippen LogP contribution in [0.15, 0.2) is 16.3 Å². The van der Waals surface area contributed by atoms with Crippen molar-refractivity contribution in [2.24, 2.45) is 5.92 Å². The summed E-state index contributed by atoms with van der Waals surface area (Å²) in [4.78, 5) is 26.8. The molecule has 1 aromatic heterocycles. The van der Waals surface area contributed by atoms with Crippen LogP contribution < -0.4 is 10.6 Å². The Morgan fingerprint density at radius 3 is 2.35 bits per heavy atom. The molecule has 172 valence electrons. The van der Waals surface area contributed by atoms with Gasteiger partial charge < -0.3 is 15.0 Å². The van der Waals surface area contributed by atoms with Crippen LogP contribution in [-0.2, 0) is 19.6 Å². The Balaban J connectivity index is 1.27. The van der Waals surface area contributed by atoms with Gasteiger partial charge in [0.2, 0.25) is 5.91 Å². The molecule has 1 saturated carbocycles. The third kappa shape index (κ3) is 5.39. The van der Waals surface area contributed by atoms with Crippen LogP contribution in [0, 0.1) is 5.92 Å². The van der Waals surface area contributed by atoms with Crippen molar-refractivity contribution in [3.8, 4) is 0 Å². The average Bonchev–Trinajstić information content (AvgIpc) is 3.47. The molecule has 3 heterocycles. The summed E-state index contributed by atoms with van der Waals surface area (Å²) in [6.07, 6.45) is 5.79. The van der Waals surface area contributed by atoms with E-state index in [1.807, 2.05) is 0 Å². The second kappa shape index (κ2) is 9.85. The van der Waals surface area contributed by atoms with E-state index in [2.05, 4.69) is 10.6 Å². The summed E-state index contributed by atoms with van der Waals surface area (Å²) in [5.74, 6) is 0.0693. The molecule has 3 amide bonds. The fraction of sp³-hybridized carbons (Fsp3) is 0.700. The lowest BCUT2D eigenvalue weighted by molar-refractivity contribution is -0.126. The molecule has 3 aliphatic rings. The van der Waals surface area contributed by atoms with Gasteiger partial charge in [-0.15, -0.1) is 11.3 Å². The number of carbonyl (C=O) groups is 2. The van der Waals surface area contributed by atoms with E-state index < -0.39 is 10.0 Å². The molecule has 0 radical (unpaired) electrons. The van der Waals surface area contributed by atoms with Gasteiger partial charge in [0, 0.05) is 38.1 Å². The van der Waals surface area contributed by atoms with Crippen molar-refractivity contribution >= 4 is 38.3 Å². The monoisotopic (exact) mass is 470 g/mol. The van der Waals surface area contributed by atoms with Gasteiger partial charge in [0.05, 0.1) is 18.2 Å². The Morgan fingerprint density at radius 1 is 1.00 bits per heavy atom. The summed E-state index contributed by atoms with van der Waals surface area (Å²) < 4.78 is 32.3. The summed E-state index contributed by atoms with van der Waals surface area (Å²) in [5, 5.41) is 6.46. The summed E-state index contributed by atoms with van der Waals surface area (Å²) in [6, 6.07) is 3.21. The Kier molecular flexibility index (Phi) is 7.15. The average molecular weight is 471 g/mol. The van der Waals surface area contributed by atoms with E-state index in [4.69, 9.17) is 4.74 Å². The van der Waals surface area contributed by atoms with E-state index >= 15 is 0 Å². The van der Waals surface area contributed by atoms with E-state index in [0.29, 0.717) is 63.3 Å². The second-order valence-corrected chi connectivity index (χ2v) is 11.6. The third-order valence-electron chi connectivity index (χ3n) is 6.23. The number of carbonyl (C=O) groups excluding carboxylic acids is 2. The van der Waals surface area contributed by atoms with E-state index in [1.165, 1.54) is 23.2 Å². The number of likely N-dealkylation sites (tertiary alicyclic amines) is 1. The molecule has 2 N–H and O–H groups in total. The number of amides is 3. The molecular formula is C20H30N4O5S2. The lowest BCUT2D eigenvalue weighted by Gasteiger charge is -2.31. The Bertz CT molecular complexity index is 883. The van der Waals surface area contributed by atoms with Crippen molar-refractivity contribution in [2.45, 2.75) is 48.8 Å². The number of nitrogens with one attached hydrogen (secondary N) is 2. The molecule has 31 heavy (non-hydrogen) atoms. The number of hydrogen-bond acceptors (Lipinski definition) is 6. The summed E-state index contributed by atoms with van der Waals surface area (Å²) >= 11 is 1.06. The maximum Gasteiger partial charge on any atom is 0.322 e. The number of hydrogen-bond donors (Lipinski definition) is 2. The van der Waals surface area contributed by atoms with Gasteiger partial charge in [0.15, 0.2) is 0 Å². The molecule has 1 aromatic rings. The molecular weight excluding hydrogens is 440 g/mol. The van der Waals surface area contributed by atoms with E-state index in [0.717, 1.165) is 24.2 Å². The number of nitrogens with zero attached hydrogens (tertiary/aromatic N) is 2. The van der Waals surface area contributed by atoms with Gasteiger partial charge in [-0.05, 0) is 37.8 Å². The van der Waals surface area contributed by atoms with Crippen LogP contribution in [0.25, 0.3) is 0 Å². The lowest BCUT2D eigenvalue weighted by Crippen LogP contribution is -2.46. The molecule has 9 nitrogen and oxygen atoms in total. The maximum absolute atomic E-state index is 12.7. The molecule has 3 fully saturated rings. The largest absolute Gasteiger partial charge is 0.379 e. The van der Waals surface area contributed by atoms with Crippen LogP contribution in [0.1, 0.15) is 38.5 Å². The van der Waals surface area contributed by atoms with Gasteiger partial charge in [-0.1, -0.05) is 12.8 Å². The van der Waals surface area contributed by atoms with Gasteiger partial charge in [-0.2, -0.15) is 4.31 Å². The predicted molar refractivity (Wildman–Crippen MR) is 118 cm³/mol. The van der Waals surface area contributed by atoms with Crippen molar-refractivity contribution in [1.82, 2.24) is 14.5 Å². The molecule has 1 aliphatic carbocycles. The second-order valence-electron chi connectivity index (χ2n) is 8.32. The SMILES string of the molecule is O=C(NC1CCCC1)C1CCN(C(=O)Nc2ccc(S(=O)(=O)N3CCOCC3)s2)CC1. The minimum absolute atomic E-state index is 0.0448. The van der Waals surface area contributed by atoms with Crippen molar-refractivity contribution in [3.63, 3.8) is 0 Å². The number of sulfonamides is 1. The Hall–Kier alpha value is -1.69. The smallest absolute Gasteiger partial charge is 0.322 e. The Labute approximate surface area is 187 Å². The zero-order chi connectivity index (χ0) is 21.8. The van der Waals surface area contributed by atoms with Gasteiger partial charge in [-0.3, -0.25) is 10.1 Å². The highest BCUT2D eigenvalue weighted by Crippen LogP contribution is 2.29. The van der Waals surface area contributed by atoms with Crippen LogP contribution in [0.4, 0.5) is 9.80 Å². The fourth-order valence-corrected chi connectivity index (χ4v) is 7.12. The minimum Gasteiger partial charge on any atom is -0.379 e. The molecule has 0 bridgehead atoms. The number of morpholine rings is 1. The highest BCUT2D eigenvalue weighted by molar-refractivity contribution is 7.91. The topological polar surface area (TPSA) is 108 Å². The lowest BCUT2D eigenvalue weighted by atomic mass is 9.95. The number of anilines is 1. The first-order chi connectivity index (χ1) is 14.9. The molecule has 0 aromatic carbocycles. The van der Waals surface area contributed by atoms with Crippen LogP contribution in [0.5, 0.6) is 0 Å². The first kappa shape index (κ1) is 22.5. The van der Waals surface area contributed by atoms with Crippen molar-refractivity contribution in [1.29, 1.82) is 0 Å². The van der Waals surface area contributed by atoms with Crippen molar-refractivity contribution < 1.29 is 22.7 Å². The number of urea groups is 1. The third-order valence-corrected chi connectivity index (χ3v) is 9.60. The molecule has 4 rings (SSSR count). The van der Waals surface area contributed by atoms with Crippen LogP contribution in [0.3, 0.4) is 0 Å². The normalized spacial score (nSPS) is 21.9. The van der Waals surface area contributed by atoms with Gasteiger partial charge >= 0.3 is 6.03 Å². The van der Waals surface area contributed by atoms with Crippen LogP contribution in [-0.4, -0.2) is 75.0 Å². The molecule has 0 spiro atoms. The summed E-state index contributed by atoms with van der Waals surface area (Å²) in [6.45, 7) is 2.49. The predicted octanol–water partition coefficient (Wildman–Crippen LogP) is 2.07. The standard InChI is InChI=1S/C20H30N4O5S2/c25-19(21-16-3-1-2-4-16)15-7-9-23(10-8-15)20(26)22-17-5-6-18(30-17)31(27,28)24-11-13-29-14-12-24/h5-6,15-16H,1-4,7-14H2,(H,21,25)(H,22,26). The molecule has 0 atom stereocenters. The number of piperidine rings is 1. The number of thiophene rings is 1. The van der Waals surface area contributed by atoms with Crippen LogP contribution >= 0.6 is 11.3 Å². The molecule has 2 aliphatic heterocycles. The summed E-state index contributed by atoms with van der Waals surface area (Å²) in [5.41, 5.74) is 0.